The molecule has 1 heterocycles. The number of fused-ring (bicyclic) bond motifs is 2. The van der Waals surface area contributed by atoms with Crippen LogP contribution in [0.1, 0.15) is 47.5 Å². The lowest BCUT2D eigenvalue weighted by Gasteiger charge is -2.53. The van der Waals surface area contributed by atoms with E-state index in [9.17, 15) is 19.8 Å². The predicted octanol–water partition coefficient (Wildman–Crippen LogP) is 2.16. The Hall–Kier alpha value is -1.92. The van der Waals surface area contributed by atoms with Crippen LogP contribution in [-0.4, -0.2) is 40.1 Å². The molecule has 142 valence electrons. The van der Waals surface area contributed by atoms with Gasteiger partial charge in [-0.2, -0.15) is 0 Å². The monoisotopic (exact) mass is 362 g/mol. The van der Waals surface area contributed by atoms with Crippen molar-refractivity contribution in [3.8, 4) is 0 Å². The zero-order valence-electron chi connectivity index (χ0n) is 15.8. The van der Waals surface area contributed by atoms with E-state index in [0.29, 0.717) is 6.42 Å². The van der Waals surface area contributed by atoms with Crippen LogP contribution in [-0.2, 0) is 19.1 Å². The zero-order valence-corrected chi connectivity index (χ0v) is 15.8. The highest BCUT2D eigenvalue weighted by atomic mass is 16.7. The molecule has 2 aliphatic carbocycles. The molecular formula is C20H26O6. The number of allylic oxidation sites excluding steroid dienone is 1. The molecule has 5 atom stereocenters. The average Bonchev–Trinajstić information content (AvgIpc) is 2.75. The highest BCUT2D eigenvalue weighted by Crippen LogP contribution is 2.57. The summed E-state index contributed by atoms with van der Waals surface area (Å²) in [7, 11) is 0. The van der Waals surface area contributed by atoms with E-state index in [1.807, 2.05) is 33.8 Å². The maximum Gasteiger partial charge on any atom is 0.336 e. The van der Waals surface area contributed by atoms with Gasteiger partial charge >= 0.3 is 11.9 Å². The molecular weight excluding hydrogens is 336 g/mol. The third kappa shape index (κ3) is 2.63. The molecule has 0 aromatic carbocycles. The molecule has 6 nitrogen and oxygen atoms in total. The Labute approximate surface area is 153 Å². The molecule has 3 aliphatic rings. The first kappa shape index (κ1) is 18.9. The minimum atomic E-state index is -1.78. The maximum atomic E-state index is 12.0. The second-order valence-electron chi connectivity index (χ2n) is 8.03. The van der Waals surface area contributed by atoms with Crippen LogP contribution >= 0.6 is 0 Å². The molecule has 0 amide bonds. The number of rotatable bonds is 2. The van der Waals surface area contributed by atoms with Gasteiger partial charge < -0.3 is 19.7 Å². The van der Waals surface area contributed by atoms with Gasteiger partial charge in [0.05, 0.1) is 6.10 Å². The molecule has 6 heteroatoms. The van der Waals surface area contributed by atoms with Gasteiger partial charge in [-0.1, -0.05) is 31.1 Å². The standard InChI is InChI=1S/C20H26O6/c1-10(2)8-15(21)25-14-7-6-13-9-20(24)16(11(3)18(23)26-20)17(22)19(13,5)12(14)4/h6,8,12,14,17,22,24H,7,9H2,1-5H3/t12-,14-,17+,19+,20+/m0/s1. The molecule has 0 saturated heterocycles. The van der Waals surface area contributed by atoms with Gasteiger partial charge in [0.2, 0.25) is 5.79 Å². The molecule has 26 heavy (non-hydrogen) atoms. The first-order valence-corrected chi connectivity index (χ1v) is 8.90. The summed E-state index contributed by atoms with van der Waals surface area (Å²) < 4.78 is 10.8. The topological polar surface area (TPSA) is 93.1 Å². The molecule has 1 fully saturated rings. The first-order chi connectivity index (χ1) is 12.0. The minimum absolute atomic E-state index is 0.123. The second-order valence-corrected chi connectivity index (χ2v) is 8.03. The fraction of sp³-hybridized carbons (Fsp3) is 0.600. The fourth-order valence-corrected chi connectivity index (χ4v) is 4.41. The predicted molar refractivity (Wildman–Crippen MR) is 93.6 cm³/mol. The summed E-state index contributed by atoms with van der Waals surface area (Å²) in [4.78, 5) is 24.0. The lowest BCUT2D eigenvalue weighted by atomic mass is 9.56. The maximum absolute atomic E-state index is 12.0. The van der Waals surface area contributed by atoms with Gasteiger partial charge in [0, 0.05) is 41.4 Å². The highest BCUT2D eigenvalue weighted by molar-refractivity contribution is 5.92. The van der Waals surface area contributed by atoms with Crippen molar-refractivity contribution >= 4 is 11.9 Å². The number of aliphatic hydroxyl groups is 2. The normalized spacial score (nSPS) is 38.8. The van der Waals surface area contributed by atoms with Crippen LogP contribution in [0.4, 0.5) is 0 Å². The summed E-state index contributed by atoms with van der Waals surface area (Å²) in [6.45, 7) is 9.01. The van der Waals surface area contributed by atoms with E-state index in [1.165, 1.54) is 6.08 Å². The van der Waals surface area contributed by atoms with E-state index < -0.39 is 35.3 Å². The summed E-state index contributed by atoms with van der Waals surface area (Å²) >= 11 is 0. The van der Waals surface area contributed by atoms with E-state index in [4.69, 9.17) is 9.47 Å². The van der Waals surface area contributed by atoms with E-state index in [-0.39, 0.29) is 23.5 Å². The van der Waals surface area contributed by atoms with Crippen LogP contribution in [0.3, 0.4) is 0 Å². The summed E-state index contributed by atoms with van der Waals surface area (Å²) in [6.07, 6.45) is 2.45. The lowest BCUT2D eigenvalue weighted by molar-refractivity contribution is -0.197. The molecule has 0 radical (unpaired) electrons. The number of ether oxygens (including phenoxy) is 2. The molecule has 0 aromatic rings. The molecule has 1 aliphatic heterocycles. The molecule has 2 N–H and O–H groups in total. The van der Waals surface area contributed by atoms with Crippen molar-refractivity contribution in [2.75, 3.05) is 0 Å². The van der Waals surface area contributed by atoms with Crippen LogP contribution in [0.2, 0.25) is 0 Å². The first-order valence-electron chi connectivity index (χ1n) is 8.90. The molecule has 0 unspecified atom stereocenters. The van der Waals surface area contributed by atoms with Gasteiger partial charge in [0.1, 0.15) is 6.10 Å². The number of hydrogen-bond donors (Lipinski definition) is 2. The third-order valence-electron chi connectivity index (χ3n) is 6.13. The highest BCUT2D eigenvalue weighted by Gasteiger charge is 2.61. The minimum Gasteiger partial charge on any atom is -0.459 e. The fourth-order valence-electron chi connectivity index (χ4n) is 4.41. The Bertz CT molecular complexity index is 756. The molecule has 0 bridgehead atoms. The van der Waals surface area contributed by atoms with Crippen LogP contribution in [0.25, 0.3) is 0 Å². The molecule has 1 saturated carbocycles. The molecule has 0 aromatic heterocycles. The van der Waals surface area contributed by atoms with Crippen molar-refractivity contribution in [1.29, 1.82) is 0 Å². The van der Waals surface area contributed by atoms with Crippen molar-refractivity contribution in [3.63, 3.8) is 0 Å². The smallest absolute Gasteiger partial charge is 0.336 e. The number of carbonyl (C=O) groups excluding carboxylic acids is 2. The van der Waals surface area contributed by atoms with Gasteiger partial charge in [-0.3, -0.25) is 0 Å². The van der Waals surface area contributed by atoms with Crippen LogP contribution < -0.4 is 0 Å². The second kappa shape index (κ2) is 6.06. The van der Waals surface area contributed by atoms with Crippen molar-refractivity contribution in [2.24, 2.45) is 11.3 Å². The van der Waals surface area contributed by atoms with Gasteiger partial charge in [-0.15, -0.1) is 0 Å². The Balaban J connectivity index is 1.97. The third-order valence-corrected chi connectivity index (χ3v) is 6.13. The van der Waals surface area contributed by atoms with E-state index in [2.05, 4.69) is 0 Å². The van der Waals surface area contributed by atoms with Crippen LogP contribution in [0.15, 0.2) is 34.4 Å². The van der Waals surface area contributed by atoms with E-state index >= 15 is 0 Å². The summed E-state index contributed by atoms with van der Waals surface area (Å²) in [5.74, 6) is -2.99. The Morgan fingerprint density at radius 2 is 2.08 bits per heavy atom. The number of esters is 2. The van der Waals surface area contributed by atoms with Crippen molar-refractivity contribution in [1.82, 2.24) is 0 Å². The van der Waals surface area contributed by atoms with Gasteiger partial charge in [0.25, 0.3) is 0 Å². The van der Waals surface area contributed by atoms with Crippen LogP contribution in [0.5, 0.6) is 0 Å². The molecule has 3 rings (SSSR count). The quantitative estimate of drug-likeness (QED) is 0.444. The Morgan fingerprint density at radius 1 is 1.42 bits per heavy atom. The van der Waals surface area contributed by atoms with E-state index in [1.54, 1.807) is 6.92 Å². The largest absolute Gasteiger partial charge is 0.459 e. The van der Waals surface area contributed by atoms with Crippen molar-refractivity contribution < 1.29 is 29.3 Å². The SMILES string of the molecule is CC(C)=CC(=O)O[C@H]1CC=C2C[C@@]3(O)OC(=O)C(C)=C3[C@@H](O)[C@]2(C)[C@H]1C. The summed E-state index contributed by atoms with van der Waals surface area (Å²) in [6, 6.07) is 0. The summed E-state index contributed by atoms with van der Waals surface area (Å²) in [5.41, 5.74) is 1.39. The van der Waals surface area contributed by atoms with Gasteiger partial charge in [0.15, 0.2) is 0 Å². The molecule has 0 spiro atoms. The lowest BCUT2D eigenvalue weighted by Crippen LogP contribution is -2.56. The van der Waals surface area contributed by atoms with Gasteiger partial charge in [-0.25, -0.2) is 9.59 Å². The zero-order chi connectivity index (χ0) is 19.4. The Morgan fingerprint density at radius 3 is 2.69 bits per heavy atom. The Kier molecular flexibility index (Phi) is 4.40. The van der Waals surface area contributed by atoms with Crippen molar-refractivity contribution in [2.45, 2.75) is 65.5 Å². The van der Waals surface area contributed by atoms with E-state index in [0.717, 1.165) is 11.1 Å². The number of aliphatic hydroxyl groups excluding tert-OH is 1. The van der Waals surface area contributed by atoms with Crippen molar-refractivity contribution in [3.05, 3.63) is 34.4 Å². The number of hydrogen-bond acceptors (Lipinski definition) is 6. The van der Waals surface area contributed by atoms with Gasteiger partial charge in [-0.05, 0) is 20.8 Å². The summed E-state index contributed by atoms with van der Waals surface area (Å²) in [5, 5.41) is 21.9. The van der Waals surface area contributed by atoms with Crippen LogP contribution in [0, 0.1) is 11.3 Å². The number of carbonyl (C=O) groups is 2. The average molecular weight is 362 g/mol.